The Morgan fingerprint density at radius 2 is 1.41 bits per heavy atom. The number of hydrogen-bond donors (Lipinski definition) is 0. The van der Waals surface area contributed by atoms with Gasteiger partial charge in [-0.2, -0.15) is 0 Å². The standard InChI is InChI=1S/C33H58O4Si2/c1-21-14-15-23-27-24(16-17-32(21,23)8)33(9)19-22(20-34)26(35)18-25(33)28(36-38(10,11)30(2,3)4)29(27)37-39(12,13)31(5,6)7/h20,22-25,27-29H,1,14-19H2,2-13H3/t22?,23?,24?,25?,27?,28-,29-,32-,33-/m1/s1. The Hall–Kier alpha value is -0.566. The first kappa shape index (κ1) is 31.4. The van der Waals surface area contributed by atoms with Gasteiger partial charge < -0.3 is 13.6 Å². The highest BCUT2D eigenvalue weighted by Gasteiger charge is 2.67. The summed E-state index contributed by atoms with van der Waals surface area (Å²) in [6.45, 7) is 32.8. The molecule has 222 valence electrons. The topological polar surface area (TPSA) is 52.6 Å². The SMILES string of the molecule is C=C1CCC2C3C(CC[C@]12C)[C@@]1(C)CC(C=O)C(=O)CC1[C@@H](O[Si](C)(C)C(C)(C)C)[C@@H]3O[Si](C)(C)C(C)(C)C. The molecule has 0 aliphatic heterocycles. The van der Waals surface area contributed by atoms with Crippen LogP contribution in [0.15, 0.2) is 12.2 Å². The minimum atomic E-state index is -2.20. The molecule has 4 rings (SSSR count). The van der Waals surface area contributed by atoms with E-state index in [4.69, 9.17) is 8.85 Å². The summed E-state index contributed by atoms with van der Waals surface area (Å²) in [6.07, 6.45) is 6.42. The zero-order valence-electron chi connectivity index (χ0n) is 27.2. The van der Waals surface area contributed by atoms with Crippen molar-refractivity contribution in [2.75, 3.05) is 0 Å². The van der Waals surface area contributed by atoms with E-state index in [1.807, 2.05) is 0 Å². The van der Waals surface area contributed by atoms with Crippen molar-refractivity contribution in [2.45, 2.75) is 142 Å². The third-order valence-corrected chi connectivity index (χ3v) is 22.2. The van der Waals surface area contributed by atoms with Crippen molar-refractivity contribution in [1.29, 1.82) is 0 Å². The minimum Gasteiger partial charge on any atom is -0.411 e. The molecule has 0 heterocycles. The lowest BCUT2D eigenvalue weighted by Crippen LogP contribution is -2.68. The van der Waals surface area contributed by atoms with E-state index < -0.39 is 22.6 Å². The van der Waals surface area contributed by atoms with Crippen LogP contribution in [0.2, 0.25) is 36.3 Å². The van der Waals surface area contributed by atoms with E-state index in [1.165, 1.54) is 5.57 Å². The zero-order valence-corrected chi connectivity index (χ0v) is 29.2. The van der Waals surface area contributed by atoms with Crippen LogP contribution in [-0.2, 0) is 18.4 Å². The molecular weight excluding hydrogens is 517 g/mol. The summed E-state index contributed by atoms with van der Waals surface area (Å²) >= 11 is 0. The Labute approximate surface area is 241 Å². The lowest BCUT2D eigenvalue weighted by atomic mass is 9.43. The quantitative estimate of drug-likeness (QED) is 0.143. The van der Waals surface area contributed by atoms with Crippen molar-refractivity contribution in [1.82, 2.24) is 0 Å². The Morgan fingerprint density at radius 3 is 1.92 bits per heavy atom. The maximum atomic E-state index is 13.4. The van der Waals surface area contributed by atoms with Crippen molar-refractivity contribution in [3.8, 4) is 0 Å². The molecule has 0 N–H and O–H groups in total. The van der Waals surface area contributed by atoms with Gasteiger partial charge in [-0.1, -0.05) is 67.5 Å². The summed E-state index contributed by atoms with van der Waals surface area (Å²) in [5.41, 5.74) is 1.43. The minimum absolute atomic E-state index is 0.0285. The van der Waals surface area contributed by atoms with Crippen LogP contribution in [0.1, 0.15) is 93.9 Å². The van der Waals surface area contributed by atoms with E-state index in [0.29, 0.717) is 30.6 Å². The van der Waals surface area contributed by atoms with E-state index in [1.54, 1.807) is 0 Å². The molecule has 9 atom stereocenters. The average molecular weight is 575 g/mol. The van der Waals surface area contributed by atoms with Crippen LogP contribution < -0.4 is 0 Å². The lowest BCUT2D eigenvalue weighted by Gasteiger charge is -2.66. The number of allylic oxidation sites excluding steroid dienone is 1. The van der Waals surface area contributed by atoms with Crippen LogP contribution >= 0.6 is 0 Å². The summed E-state index contributed by atoms with van der Waals surface area (Å²) < 4.78 is 15.1. The van der Waals surface area contributed by atoms with Gasteiger partial charge in [0.1, 0.15) is 12.1 Å². The van der Waals surface area contributed by atoms with Crippen LogP contribution in [0.4, 0.5) is 0 Å². The monoisotopic (exact) mass is 574 g/mol. The maximum Gasteiger partial charge on any atom is 0.192 e. The molecule has 0 amide bonds. The van der Waals surface area contributed by atoms with E-state index >= 15 is 0 Å². The van der Waals surface area contributed by atoms with Crippen molar-refractivity contribution >= 4 is 28.7 Å². The van der Waals surface area contributed by atoms with Gasteiger partial charge in [-0.05, 0) is 103 Å². The number of fused-ring (bicyclic) bond motifs is 5. The average Bonchev–Trinajstić information content (AvgIpc) is 3.09. The van der Waals surface area contributed by atoms with Crippen LogP contribution in [0.5, 0.6) is 0 Å². The molecule has 4 nitrogen and oxygen atoms in total. The number of carbonyl (C=O) groups is 2. The van der Waals surface area contributed by atoms with Gasteiger partial charge in [0.15, 0.2) is 16.6 Å². The molecular formula is C33H58O4Si2. The molecule has 4 aliphatic rings. The molecule has 5 unspecified atom stereocenters. The van der Waals surface area contributed by atoms with Crippen LogP contribution in [0.25, 0.3) is 0 Å². The number of aldehydes is 1. The van der Waals surface area contributed by atoms with Crippen molar-refractivity contribution < 1.29 is 18.4 Å². The van der Waals surface area contributed by atoms with Gasteiger partial charge in [-0.25, -0.2) is 0 Å². The summed E-state index contributed by atoms with van der Waals surface area (Å²) in [5, 5.41) is 0.127. The normalized spacial score (nSPS) is 41.6. The Morgan fingerprint density at radius 1 is 0.872 bits per heavy atom. The van der Waals surface area contributed by atoms with Crippen LogP contribution in [-0.4, -0.2) is 40.9 Å². The van der Waals surface area contributed by atoms with E-state index in [9.17, 15) is 9.59 Å². The molecule has 0 aromatic carbocycles. The van der Waals surface area contributed by atoms with Gasteiger partial charge in [0.25, 0.3) is 0 Å². The van der Waals surface area contributed by atoms with Crippen molar-refractivity contribution in [3.05, 3.63) is 12.2 Å². The highest BCUT2D eigenvalue weighted by Crippen LogP contribution is 2.68. The van der Waals surface area contributed by atoms with Gasteiger partial charge in [-0.3, -0.25) is 4.79 Å². The van der Waals surface area contributed by atoms with Gasteiger partial charge >= 0.3 is 0 Å². The first-order chi connectivity index (χ1) is 17.6. The van der Waals surface area contributed by atoms with Crippen LogP contribution in [0.3, 0.4) is 0 Å². The van der Waals surface area contributed by atoms with Gasteiger partial charge in [-0.15, -0.1) is 0 Å². The molecule has 4 saturated carbocycles. The number of hydrogen-bond acceptors (Lipinski definition) is 4. The molecule has 0 aromatic heterocycles. The van der Waals surface area contributed by atoms with E-state index in [2.05, 4.69) is 88.2 Å². The predicted molar refractivity (Wildman–Crippen MR) is 166 cm³/mol. The number of rotatable bonds is 5. The second-order valence-electron chi connectivity index (χ2n) is 17.3. The summed E-state index contributed by atoms with van der Waals surface area (Å²) in [5.74, 6) is 1.000. The number of carbonyl (C=O) groups excluding carboxylic acids is 2. The summed E-state index contributed by atoms with van der Waals surface area (Å²) in [7, 11) is -4.36. The fraction of sp³-hybridized carbons (Fsp3) is 0.879. The fourth-order valence-electron chi connectivity index (χ4n) is 8.49. The second-order valence-corrected chi connectivity index (χ2v) is 26.8. The largest absolute Gasteiger partial charge is 0.411 e. The molecule has 0 aromatic rings. The van der Waals surface area contributed by atoms with Crippen molar-refractivity contribution in [3.63, 3.8) is 0 Å². The molecule has 39 heavy (non-hydrogen) atoms. The van der Waals surface area contributed by atoms with Gasteiger partial charge in [0.05, 0.1) is 18.1 Å². The lowest BCUT2D eigenvalue weighted by molar-refractivity contribution is -0.204. The molecule has 6 heteroatoms. The highest BCUT2D eigenvalue weighted by atomic mass is 28.4. The van der Waals surface area contributed by atoms with E-state index in [0.717, 1.165) is 32.0 Å². The Kier molecular flexibility index (Phi) is 7.83. The molecule has 4 aliphatic carbocycles. The van der Waals surface area contributed by atoms with E-state index in [-0.39, 0.29) is 44.8 Å². The fourth-order valence-corrected chi connectivity index (χ4v) is 11.1. The molecule has 0 spiro atoms. The third-order valence-electron chi connectivity index (χ3n) is 13.2. The first-order valence-electron chi connectivity index (χ1n) is 15.6. The molecule has 0 bridgehead atoms. The Balaban J connectivity index is 1.92. The molecule has 4 fully saturated rings. The highest BCUT2D eigenvalue weighted by molar-refractivity contribution is 6.74. The van der Waals surface area contributed by atoms with Gasteiger partial charge in [0.2, 0.25) is 0 Å². The third kappa shape index (κ3) is 4.95. The molecule has 0 radical (unpaired) electrons. The summed E-state index contributed by atoms with van der Waals surface area (Å²) in [6, 6.07) is 0. The first-order valence-corrected chi connectivity index (χ1v) is 21.4. The number of ketones is 1. The zero-order chi connectivity index (χ0) is 29.6. The second kappa shape index (κ2) is 9.74. The summed E-state index contributed by atoms with van der Waals surface area (Å²) in [4.78, 5) is 25.6. The maximum absolute atomic E-state index is 13.4. The van der Waals surface area contributed by atoms with Crippen molar-refractivity contribution in [2.24, 2.45) is 40.4 Å². The smallest absolute Gasteiger partial charge is 0.192 e. The Bertz CT molecular complexity index is 1000. The van der Waals surface area contributed by atoms with Gasteiger partial charge in [0, 0.05) is 6.42 Å². The predicted octanol–water partition coefficient (Wildman–Crippen LogP) is 8.58. The number of Topliss-reactive ketones (excluding diaryl/α,β-unsaturated/α-hetero) is 1. The molecule has 0 saturated heterocycles. The van der Waals surface area contributed by atoms with Crippen LogP contribution in [0, 0.1) is 40.4 Å².